The van der Waals surface area contributed by atoms with Crippen LogP contribution in [0.2, 0.25) is 0 Å². The van der Waals surface area contributed by atoms with Gasteiger partial charge >= 0.3 is 13.3 Å². The van der Waals surface area contributed by atoms with Crippen LogP contribution in [0.4, 0.5) is 8.78 Å². The van der Waals surface area contributed by atoms with E-state index >= 15 is 0 Å². The summed E-state index contributed by atoms with van der Waals surface area (Å²) in [6.45, 7) is -0.238. The van der Waals surface area contributed by atoms with Gasteiger partial charge < -0.3 is 14.2 Å². The number of hydrogen-bond donors (Lipinski definition) is 2. The number of terminal acetylenes is 1. The maximum absolute atomic E-state index is 14.7. The van der Waals surface area contributed by atoms with Crippen LogP contribution in [0.3, 0.4) is 0 Å². The first kappa shape index (κ1) is 17.6. The highest BCUT2D eigenvalue weighted by molar-refractivity contribution is 7.51. The minimum Gasteiger partial charge on any atom is -0.324 e. The van der Waals surface area contributed by atoms with Crippen LogP contribution in [0.5, 0.6) is 0 Å². The molecule has 1 aromatic heterocycles. The average Bonchev–Trinajstić information content (AvgIpc) is 2.69. The fraction of sp³-hybridized carbons (Fsp3) is 0.500. The molecule has 0 amide bonds. The summed E-state index contributed by atoms with van der Waals surface area (Å²) < 4.78 is 50.3. The van der Waals surface area contributed by atoms with E-state index in [2.05, 4.69) is 4.52 Å². The fourth-order valence-electron chi connectivity index (χ4n) is 2.12. The molecule has 0 spiro atoms. The van der Waals surface area contributed by atoms with Gasteiger partial charge in [-0.3, -0.25) is 18.9 Å². The van der Waals surface area contributed by atoms with Crippen molar-refractivity contribution in [3.8, 4) is 12.3 Å². The Labute approximate surface area is 128 Å². The lowest BCUT2D eigenvalue weighted by Crippen LogP contribution is -2.38. The van der Waals surface area contributed by atoms with Gasteiger partial charge in [0.2, 0.25) is 11.5 Å². The minimum absolute atomic E-state index is 0.590. The third kappa shape index (κ3) is 3.76. The van der Waals surface area contributed by atoms with Crippen molar-refractivity contribution in [1.29, 1.82) is 0 Å². The molecule has 4 unspecified atom stereocenters. The summed E-state index contributed by atoms with van der Waals surface area (Å²) in [4.78, 5) is 33.6. The van der Waals surface area contributed by atoms with E-state index in [1.807, 2.05) is 4.98 Å². The Balaban J connectivity index is 2.37. The summed E-state index contributed by atoms with van der Waals surface area (Å²) in [5, 5.41) is 0. The van der Waals surface area contributed by atoms with E-state index in [1.165, 1.54) is 0 Å². The second-order valence-electron chi connectivity index (χ2n) is 5.13. The zero-order chi connectivity index (χ0) is 17.5. The number of nitrogens with zero attached hydrogens (tertiary/aromatic N) is 1. The van der Waals surface area contributed by atoms with Crippen molar-refractivity contribution in [3.63, 3.8) is 0 Å². The van der Waals surface area contributed by atoms with E-state index in [0.717, 1.165) is 18.9 Å². The Morgan fingerprint density at radius 1 is 1.65 bits per heavy atom. The highest BCUT2D eigenvalue weighted by atomic mass is 31.2. The number of hydrogen-bond acceptors (Lipinski definition) is 5. The molecule has 1 aliphatic heterocycles. The lowest BCUT2D eigenvalue weighted by molar-refractivity contribution is -0.177. The highest BCUT2D eigenvalue weighted by Crippen LogP contribution is 2.49. The van der Waals surface area contributed by atoms with Crippen LogP contribution in [0.25, 0.3) is 0 Å². The second kappa shape index (κ2) is 5.69. The molecule has 2 heterocycles. The van der Waals surface area contributed by atoms with Crippen LogP contribution in [0.15, 0.2) is 21.9 Å². The molecule has 0 aliphatic carbocycles. The van der Waals surface area contributed by atoms with Crippen molar-refractivity contribution in [1.82, 2.24) is 9.55 Å². The molecule has 1 aromatic rings. The van der Waals surface area contributed by atoms with E-state index < -0.39 is 49.6 Å². The summed E-state index contributed by atoms with van der Waals surface area (Å²) >= 11 is 0. The van der Waals surface area contributed by atoms with E-state index in [4.69, 9.17) is 16.1 Å². The van der Waals surface area contributed by atoms with Crippen LogP contribution in [0.1, 0.15) is 12.6 Å². The number of ether oxygens (including phenoxy) is 1. The Kier molecular flexibility index (Phi) is 4.34. The van der Waals surface area contributed by atoms with E-state index in [-0.39, 0.29) is 0 Å². The largest absolute Gasteiger partial charge is 0.330 e. The number of H-pyrrole nitrogens is 1. The zero-order valence-electron chi connectivity index (χ0n) is 11.9. The molecule has 1 aliphatic rings. The minimum atomic E-state index is -4.03. The Hall–Kier alpha value is -1.79. The summed E-state index contributed by atoms with van der Waals surface area (Å²) in [5.41, 5.74) is -4.52. The van der Waals surface area contributed by atoms with Gasteiger partial charge in [0.15, 0.2) is 6.23 Å². The number of halogens is 2. The molecule has 2 rings (SSSR count). The quantitative estimate of drug-likeness (QED) is 0.597. The molecular formula is C12H13F2N2O6P. The second-order valence-corrected chi connectivity index (χ2v) is 6.99. The molecule has 23 heavy (non-hydrogen) atoms. The molecule has 126 valence electrons. The van der Waals surface area contributed by atoms with Gasteiger partial charge in [0, 0.05) is 18.9 Å². The van der Waals surface area contributed by atoms with Gasteiger partial charge in [-0.2, -0.15) is 0 Å². The Morgan fingerprint density at radius 3 is 2.83 bits per heavy atom. The van der Waals surface area contributed by atoms with Crippen molar-refractivity contribution in [2.24, 2.45) is 0 Å². The molecule has 4 atom stereocenters. The predicted molar refractivity (Wildman–Crippen MR) is 74.3 cm³/mol. The average molecular weight is 350 g/mol. The monoisotopic (exact) mass is 350 g/mol. The first-order chi connectivity index (χ1) is 10.5. The molecular weight excluding hydrogens is 337 g/mol. The third-order valence-corrected chi connectivity index (χ3v) is 3.71. The predicted octanol–water partition coefficient (Wildman–Crippen LogP) is 0.295. The van der Waals surface area contributed by atoms with Crippen LogP contribution in [0, 0.1) is 12.3 Å². The van der Waals surface area contributed by atoms with E-state index in [1.54, 1.807) is 5.92 Å². The number of nitrogens with one attached hydrogen (secondary N) is 1. The normalized spacial score (nSPS) is 33.1. The lowest BCUT2D eigenvalue weighted by atomic mass is 10.00. The lowest BCUT2D eigenvalue weighted by Gasteiger charge is -2.22. The van der Waals surface area contributed by atoms with Crippen LogP contribution >= 0.6 is 7.60 Å². The molecule has 0 bridgehead atoms. The van der Waals surface area contributed by atoms with Crippen molar-refractivity contribution in [2.45, 2.75) is 24.2 Å². The zero-order valence-corrected chi connectivity index (χ0v) is 12.8. The van der Waals surface area contributed by atoms with Crippen LogP contribution in [-0.2, 0) is 13.8 Å². The molecule has 0 radical (unpaired) electrons. The van der Waals surface area contributed by atoms with Gasteiger partial charge in [-0.15, -0.1) is 6.42 Å². The van der Waals surface area contributed by atoms with E-state index in [0.29, 0.717) is 4.57 Å². The van der Waals surface area contributed by atoms with Gasteiger partial charge in [0.25, 0.3) is 5.56 Å². The Bertz CT molecular complexity index is 811. The first-order valence-electron chi connectivity index (χ1n) is 6.28. The molecule has 0 saturated carbocycles. The van der Waals surface area contributed by atoms with Crippen molar-refractivity contribution < 1.29 is 27.5 Å². The first-order valence-corrected chi connectivity index (χ1v) is 8.30. The Morgan fingerprint density at radius 2 is 2.30 bits per heavy atom. The van der Waals surface area contributed by atoms with Crippen molar-refractivity contribution in [2.75, 3.05) is 13.3 Å². The fourth-order valence-corrected chi connectivity index (χ4v) is 2.55. The van der Waals surface area contributed by atoms with Crippen molar-refractivity contribution in [3.05, 3.63) is 33.1 Å². The maximum Gasteiger partial charge on any atom is 0.330 e. The topological polar surface area (TPSA) is 111 Å². The third-order valence-electron chi connectivity index (χ3n) is 3.10. The maximum atomic E-state index is 14.7. The number of aromatic amines is 1. The van der Waals surface area contributed by atoms with Crippen LogP contribution in [-0.4, -0.2) is 39.2 Å². The summed E-state index contributed by atoms with van der Waals surface area (Å²) in [7, 11) is -4.03. The standard InChI is InChI=1S/C12H13F2N2O6P/c1-3-11(13)6-12(14,7-21-23(2,19)20)22-9(11)16-5-4-8(17)15-10(16)18/h1,4-5,9H,6-7H2,2H3,(H,19,20)(H,15,17,18). The van der Waals surface area contributed by atoms with Crippen molar-refractivity contribution >= 4 is 7.60 Å². The number of aromatic nitrogens is 2. The molecule has 11 heteroatoms. The van der Waals surface area contributed by atoms with Gasteiger partial charge in [0.1, 0.15) is 6.61 Å². The van der Waals surface area contributed by atoms with E-state index in [9.17, 15) is 22.9 Å². The molecule has 0 aromatic carbocycles. The number of alkyl halides is 2. The smallest absolute Gasteiger partial charge is 0.324 e. The highest BCUT2D eigenvalue weighted by Gasteiger charge is 2.59. The van der Waals surface area contributed by atoms with Crippen LogP contribution < -0.4 is 11.2 Å². The molecule has 1 saturated heterocycles. The van der Waals surface area contributed by atoms with Gasteiger partial charge in [0.05, 0.1) is 6.42 Å². The number of rotatable bonds is 4. The SMILES string of the molecule is C#CC1(F)CC(F)(COP(C)(=O)O)OC1n1ccc(=O)[nH]c1=O. The summed E-state index contributed by atoms with van der Waals surface area (Å²) in [6.07, 6.45) is 3.08. The molecule has 2 N–H and O–H groups in total. The van der Waals surface area contributed by atoms with Gasteiger partial charge in [-0.1, -0.05) is 5.92 Å². The summed E-state index contributed by atoms with van der Waals surface area (Å²) in [6, 6.07) is 0.907. The van der Waals surface area contributed by atoms with Gasteiger partial charge in [-0.25, -0.2) is 13.6 Å². The molecule has 8 nitrogen and oxygen atoms in total. The molecule has 1 fully saturated rings. The summed E-state index contributed by atoms with van der Waals surface area (Å²) in [5.74, 6) is -1.11. The van der Waals surface area contributed by atoms with Gasteiger partial charge in [-0.05, 0) is 0 Å².